The molecule has 5 heterocycles. The summed E-state index contributed by atoms with van der Waals surface area (Å²) in [5.74, 6) is -1.55. The fourth-order valence-electron chi connectivity index (χ4n) is 5.48. The van der Waals surface area contributed by atoms with Crippen LogP contribution in [0, 0.1) is 0 Å². The predicted molar refractivity (Wildman–Crippen MR) is 161 cm³/mol. The number of alkyl halides is 6. The standard InChI is InChI=1S/C29H28F6N6O3S2/c1-2-16-11-17(39-5-7-40(8-6-39)26(43)29(33,34)35)3-4-20(16)37-27-36-13-19(28(30,31)32)23(38-27)21-12-22-24(46-21)25(42)41(9-10-45-22)18-14-44-15-18/h3-4,11-13,18H,2,5-10,14-15H2,1H3,(H,36,37,38). The number of carbonyl (C=O) groups is 2. The van der Waals surface area contributed by atoms with E-state index in [4.69, 9.17) is 4.74 Å². The second-order valence-corrected chi connectivity index (χ2v) is 13.1. The van der Waals surface area contributed by atoms with Gasteiger partial charge in [0, 0.05) is 60.9 Å². The maximum absolute atomic E-state index is 14.1. The summed E-state index contributed by atoms with van der Waals surface area (Å²) in [5.41, 5.74) is 0.705. The molecule has 6 rings (SSSR count). The Bertz CT molecular complexity index is 1640. The molecule has 2 fully saturated rings. The molecule has 246 valence electrons. The number of ether oxygens (including phenoxy) is 1. The van der Waals surface area contributed by atoms with Crippen molar-refractivity contribution in [1.29, 1.82) is 0 Å². The lowest BCUT2D eigenvalue weighted by Gasteiger charge is -2.36. The Morgan fingerprint density at radius 2 is 1.80 bits per heavy atom. The number of thiophene rings is 1. The van der Waals surface area contributed by atoms with E-state index in [-0.39, 0.29) is 54.6 Å². The Morgan fingerprint density at radius 1 is 1.07 bits per heavy atom. The molecule has 0 spiro atoms. The minimum atomic E-state index is -4.92. The minimum absolute atomic E-state index is 0.0486. The Kier molecular flexibility index (Phi) is 8.84. The average Bonchev–Trinajstić information content (AvgIpc) is 3.36. The van der Waals surface area contributed by atoms with Crippen LogP contribution in [0.1, 0.15) is 27.7 Å². The highest BCUT2D eigenvalue weighted by atomic mass is 32.2. The van der Waals surface area contributed by atoms with Crippen molar-refractivity contribution in [3.05, 3.63) is 46.5 Å². The third-order valence-corrected chi connectivity index (χ3v) is 10.3. The maximum Gasteiger partial charge on any atom is 0.471 e. The van der Waals surface area contributed by atoms with Crippen molar-refractivity contribution in [3.8, 4) is 10.6 Å². The lowest BCUT2D eigenvalue weighted by atomic mass is 10.1. The highest BCUT2D eigenvalue weighted by Crippen LogP contribution is 2.44. The number of nitrogens with zero attached hydrogens (tertiary/aromatic N) is 5. The van der Waals surface area contributed by atoms with Gasteiger partial charge in [0.15, 0.2) is 0 Å². The fraction of sp³-hybridized carbons (Fsp3) is 0.448. The van der Waals surface area contributed by atoms with Gasteiger partial charge in [-0.15, -0.1) is 23.1 Å². The van der Waals surface area contributed by atoms with E-state index in [0.29, 0.717) is 47.4 Å². The number of rotatable bonds is 6. The summed E-state index contributed by atoms with van der Waals surface area (Å²) in [6.07, 6.45) is -8.41. The number of halogens is 6. The lowest BCUT2D eigenvalue weighted by molar-refractivity contribution is -0.185. The van der Waals surface area contributed by atoms with E-state index in [0.717, 1.165) is 33.7 Å². The average molecular weight is 687 g/mol. The van der Waals surface area contributed by atoms with Gasteiger partial charge in [-0.3, -0.25) is 9.59 Å². The molecule has 9 nitrogen and oxygen atoms in total. The smallest absolute Gasteiger partial charge is 0.377 e. The first-order chi connectivity index (χ1) is 21.8. The molecule has 0 aliphatic carbocycles. The number of benzene rings is 1. The Morgan fingerprint density at radius 3 is 2.43 bits per heavy atom. The quantitative estimate of drug-likeness (QED) is 0.331. The molecule has 1 aromatic carbocycles. The molecule has 0 bridgehead atoms. The highest BCUT2D eigenvalue weighted by Gasteiger charge is 2.43. The molecule has 1 N–H and O–H groups in total. The Hall–Kier alpha value is -3.57. The minimum Gasteiger partial charge on any atom is -0.377 e. The second-order valence-electron chi connectivity index (χ2n) is 10.9. The van der Waals surface area contributed by atoms with E-state index < -0.39 is 23.8 Å². The number of hydrogen-bond acceptors (Lipinski definition) is 9. The SMILES string of the molecule is CCc1cc(N2CCN(C(=O)C(F)(F)F)CC2)ccc1Nc1ncc(C(F)(F)F)c(-c2cc3c(s2)C(=O)N(C2COC2)CCS3)n1. The molecule has 46 heavy (non-hydrogen) atoms. The lowest BCUT2D eigenvalue weighted by Crippen LogP contribution is -2.52. The van der Waals surface area contributed by atoms with Gasteiger partial charge in [-0.25, -0.2) is 9.97 Å². The van der Waals surface area contributed by atoms with Crippen molar-refractivity contribution >= 4 is 52.2 Å². The van der Waals surface area contributed by atoms with Crippen LogP contribution < -0.4 is 10.2 Å². The van der Waals surface area contributed by atoms with Crippen LogP contribution in [-0.2, 0) is 22.1 Å². The molecular weight excluding hydrogens is 658 g/mol. The van der Waals surface area contributed by atoms with Gasteiger partial charge < -0.3 is 24.8 Å². The van der Waals surface area contributed by atoms with E-state index >= 15 is 0 Å². The molecule has 3 aliphatic rings. The summed E-state index contributed by atoms with van der Waals surface area (Å²) in [6.45, 7) is 3.54. The van der Waals surface area contributed by atoms with Crippen molar-refractivity contribution in [2.75, 3.05) is 61.9 Å². The van der Waals surface area contributed by atoms with Gasteiger partial charge >= 0.3 is 18.3 Å². The summed E-state index contributed by atoms with van der Waals surface area (Å²) in [5, 5.41) is 3.02. The van der Waals surface area contributed by atoms with Gasteiger partial charge in [0.1, 0.15) is 10.4 Å². The zero-order chi connectivity index (χ0) is 32.8. The summed E-state index contributed by atoms with van der Waals surface area (Å²) in [7, 11) is 0. The van der Waals surface area contributed by atoms with Crippen molar-refractivity contribution < 1.29 is 40.7 Å². The summed E-state index contributed by atoms with van der Waals surface area (Å²) < 4.78 is 86.1. The highest BCUT2D eigenvalue weighted by molar-refractivity contribution is 7.99. The van der Waals surface area contributed by atoms with Crippen LogP contribution >= 0.6 is 23.1 Å². The Balaban J connectivity index is 1.24. The van der Waals surface area contributed by atoms with Crippen molar-refractivity contribution in [2.24, 2.45) is 0 Å². The third kappa shape index (κ3) is 6.49. The van der Waals surface area contributed by atoms with Gasteiger partial charge in [-0.2, -0.15) is 26.3 Å². The van der Waals surface area contributed by atoms with Gasteiger partial charge in [0.05, 0.1) is 29.8 Å². The fourth-order valence-corrected chi connectivity index (χ4v) is 7.80. The summed E-state index contributed by atoms with van der Waals surface area (Å²) >= 11 is 2.39. The molecule has 0 radical (unpaired) electrons. The van der Waals surface area contributed by atoms with E-state index in [1.54, 1.807) is 23.1 Å². The monoisotopic (exact) mass is 686 g/mol. The first kappa shape index (κ1) is 32.4. The molecular formula is C29H28F6N6O3S2. The van der Waals surface area contributed by atoms with Crippen LogP contribution in [0.25, 0.3) is 10.6 Å². The number of aryl methyl sites for hydroxylation is 1. The molecule has 0 atom stereocenters. The number of amides is 2. The van der Waals surface area contributed by atoms with Crippen LogP contribution in [0.15, 0.2) is 35.4 Å². The van der Waals surface area contributed by atoms with Crippen LogP contribution in [0.4, 0.5) is 43.7 Å². The molecule has 0 saturated carbocycles. The number of carbonyl (C=O) groups excluding carboxylic acids is 2. The number of aromatic nitrogens is 2. The number of anilines is 3. The van der Waals surface area contributed by atoms with Crippen LogP contribution in [-0.4, -0.2) is 95.5 Å². The van der Waals surface area contributed by atoms with E-state index in [1.165, 1.54) is 11.8 Å². The van der Waals surface area contributed by atoms with Crippen molar-refractivity contribution in [2.45, 2.75) is 36.6 Å². The second kappa shape index (κ2) is 12.6. The van der Waals surface area contributed by atoms with Crippen LogP contribution in [0.3, 0.4) is 0 Å². The van der Waals surface area contributed by atoms with Crippen LogP contribution in [0.5, 0.6) is 0 Å². The van der Waals surface area contributed by atoms with E-state index in [9.17, 15) is 35.9 Å². The number of nitrogens with one attached hydrogen (secondary N) is 1. The van der Waals surface area contributed by atoms with Crippen molar-refractivity contribution in [3.63, 3.8) is 0 Å². The van der Waals surface area contributed by atoms with Gasteiger partial charge in [-0.1, -0.05) is 6.92 Å². The van der Waals surface area contributed by atoms with Crippen molar-refractivity contribution in [1.82, 2.24) is 19.8 Å². The maximum atomic E-state index is 14.1. The van der Waals surface area contributed by atoms with Gasteiger partial charge in [-0.05, 0) is 36.2 Å². The molecule has 2 saturated heterocycles. The Labute approximate surface area is 267 Å². The van der Waals surface area contributed by atoms with E-state index in [1.807, 2.05) is 17.9 Å². The number of fused-ring (bicyclic) bond motifs is 1. The topological polar surface area (TPSA) is 90.9 Å². The molecule has 3 aliphatic heterocycles. The third-order valence-electron chi connectivity index (χ3n) is 8.02. The number of piperazine rings is 1. The molecule has 2 amide bonds. The van der Waals surface area contributed by atoms with Gasteiger partial charge in [0.25, 0.3) is 5.91 Å². The molecule has 2 aromatic heterocycles. The first-order valence-electron chi connectivity index (χ1n) is 14.4. The van der Waals surface area contributed by atoms with Gasteiger partial charge in [0.2, 0.25) is 5.95 Å². The predicted octanol–water partition coefficient (Wildman–Crippen LogP) is 5.69. The summed E-state index contributed by atoms with van der Waals surface area (Å²) in [4.78, 5) is 38.7. The molecule has 3 aromatic rings. The largest absolute Gasteiger partial charge is 0.471 e. The molecule has 17 heteroatoms. The summed E-state index contributed by atoms with van der Waals surface area (Å²) in [6, 6.07) is 6.83. The number of thioether (sulfide) groups is 1. The zero-order valence-corrected chi connectivity index (χ0v) is 26.0. The number of hydrogen-bond donors (Lipinski definition) is 1. The zero-order valence-electron chi connectivity index (χ0n) is 24.4. The van der Waals surface area contributed by atoms with Crippen LogP contribution in [0.2, 0.25) is 0 Å². The van der Waals surface area contributed by atoms with E-state index in [2.05, 4.69) is 15.3 Å². The first-order valence-corrected chi connectivity index (χ1v) is 16.2. The molecule has 0 unspecified atom stereocenters. The normalized spacial score (nSPS) is 17.9.